The number of rotatable bonds is 7. The van der Waals surface area contributed by atoms with Gasteiger partial charge in [-0.25, -0.2) is 4.98 Å². The Morgan fingerprint density at radius 2 is 1.94 bits per heavy atom. The summed E-state index contributed by atoms with van der Waals surface area (Å²) in [5.74, 6) is 1.29. The van der Waals surface area contributed by atoms with Gasteiger partial charge in [-0.15, -0.1) is 0 Å². The molecule has 34 heavy (non-hydrogen) atoms. The first kappa shape index (κ1) is 23.4. The number of anilines is 1. The van der Waals surface area contributed by atoms with Gasteiger partial charge in [0.25, 0.3) is 5.91 Å². The summed E-state index contributed by atoms with van der Waals surface area (Å²) in [7, 11) is 0. The number of amides is 1. The van der Waals surface area contributed by atoms with E-state index in [1.807, 2.05) is 55.5 Å². The molecule has 0 aliphatic carbocycles. The van der Waals surface area contributed by atoms with Crippen LogP contribution in [0.15, 0.2) is 71.1 Å². The van der Waals surface area contributed by atoms with E-state index in [9.17, 15) is 4.79 Å². The summed E-state index contributed by atoms with van der Waals surface area (Å²) in [6.07, 6.45) is 1.07. The topological polar surface area (TPSA) is 76.4 Å². The van der Waals surface area contributed by atoms with Crippen molar-refractivity contribution in [3.05, 3.63) is 77.9 Å². The van der Waals surface area contributed by atoms with Crippen molar-refractivity contribution in [3.63, 3.8) is 0 Å². The highest BCUT2D eigenvalue weighted by Gasteiger charge is 2.12. The third kappa shape index (κ3) is 5.80. The Morgan fingerprint density at radius 1 is 1.12 bits per heavy atom. The number of nitrogens with zero attached hydrogens (tertiary/aromatic N) is 1. The van der Waals surface area contributed by atoms with Crippen molar-refractivity contribution in [2.45, 2.75) is 33.1 Å². The minimum Gasteiger partial charge on any atom is -0.484 e. The third-order valence-corrected chi connectivity index (χ3v) is 5.78. The first-order valence-electron chi connectivity index (χ1n) is 11.2. The predicted molar refractivity (Wildman–Crippen MR) is 139 cm³/mol. The van der Waals surface area contributed by atoms with Crippen LogP contribution in [0.1, 0.15) is 37.3 Å². The lowest BCUT2D eigenvalue weighted by atomic mass is 9.98. The van der Waals surface area contributed by atoms with Gasteiger partial charge < -0.3 is 14.5 Å². The summed E-state index contributed by atoms with van der Waals surface area (Å²) in [6, 6.07) is 21.2. The summed E-state index contributed by atoms with van der Waals surface area (Å²) in [5, 5.41) is 5.85. The fraction of sp³-hybridized carbons (Fsp3) is 0.222. The lowest BCUT2D eigenvalue weighted by molar-refractivity contribution is -0.121. The number of fused-ring (bicyclic) bond motifs is 1. The highest BCUT2D eigenvalue weighted by atomic mass is 32.1. The largest absolute Gasteiger partial charge is 0.484 e. The number of carbonyl (C=O) groups is 1. The molecule has 1 heterocycles. The summed E-state index contributed by atoms with van der Waals surface area (Å²) < 4.78 is 11.5. The van der Waals surface area contributed by atoms with Crippen LogP contribution in [0.4, 0.5) is 5.69 Å². The number of thiocarbonyl (C=S) groups is 1. The molecule has 2 N–H and O–H groups in total. The minimum absolute atomic E-state index is 0.132. The Hall–Kier alpha value is -3.71. The van der Waals surface area contributed by atoms with Crippen molar-refractivity contribution in [3.8, 4) is 17.2 Å². The van der Waals surface area contributed by atoms with E-state index < -0.39 is 0 Å². The second-order valence-electron chi connectivity index (χ2n) is 8.24. The van der Waals surface area contributed by atoms with Crippen LogP contribution in [0.3, 0.4) is 0 Å². The first-order chi connectivity index (χ1) is 16.4. The normalized spacial score (nSPS) is 11.7. The molecule has 0 bridgehead atoms. The number of oxazole rings is 1. The molecular formula is C27H27N3O3S. The van der Waals surface area contributed by atoms with Gasteiger partial charge >= 0.3 is 0 Å². The van der Waals surface area contributed by atoms with E-state index in [0.717, 1.165) is 28.6 Å². The number of aryl methyl sites for hydroxylation is 1. The van der Waals surface area contributed by atoms with Crippen molar-refractivity contribution < 1.29 is 13.9 Å². The van der Waals surface area contributed by atoms with E-state index in [1.54, 1.807) is 6.07 Å². The predicted octanol–water partition coefficient (Wildman–Crippen LogP) is 6.21. The van der Waals surface area contributed by atoms with Crippen molar-refractivity contribution >= 4 is 40.0 Å². The SMILES string of the molecule is CC[C@H](C)c1ccc2oc(-c3cccc(NC(=S)NC(=O)COc4cccc(C)c4)c3)nc2c1. The Bertz CT molecular complexity index is 1330. The smallest absolute Gasteiger partial charge is 0.264 e. The molecule has 1 atom stereocenters. The molecule has 0 fully saturated rings. The summed E-state index contributed by atoms with van der Waals surface area (Å²) in [6.45, 7) is 6.21. The molecular weight excluding hydrogens is 446 g/mol. The number of aromatic nitrogens is 1. The fourth-order valence-electron chi connectivity index (χ4n) is 3.52. The van der Waals surface area contributed by atoms with Gasteiger partial charge in [0.1, 0.15) is 11.3 Å². The van der Waals surface area contributed by atoms with E-state index in [4.69, 9.17) is 21.4 Å². The standard InChI is InChI=1S/C27H27N3O3S/c1-4-18(3)19-11-12-24-23(15-19)29-26(33-24)20-8-6-9-21(14-20)28-27(34)30-25(31)16-32-22-10-5-7-17(2)13-22/h5-15,18H,4,16H2,1-3H3,(H2,28,30,31,34)/t18-/m0/s1. The van der Waals surface area contributed by atoms with Gasteiger partial charge in [-0.3, -0.25) is 10.1 Å². The summed E-state index contributed by atoms with van der Waals surface area (Å²) >= 11 is 5.29. The molecule has 1 amide bonds. The Balaban J connectivity index is 1.39. The van der Waals surface area contributed by atoms with Crippen LogP contribution in [0, 0.1) is 6.92 Å². The monoisotopic (exact) mass is 473 g/mol. The van der Waals surface area contributed by atoms with Crippen LogP contribution in [0.25, 0.3) is 22.6 Å². The average Bonchev–Trinajstić information content (AvgIpc) is 3.26. The zero-order valence-electron chi connectivity index (χ0n) is 19.4. The first-order valence-corrected chi connectivity index (χ1v) is 11.6. The molecule has 0 aliphatic rings. The molecule has 0 aliphatic heterocycles. The van der Waals surface area contributed by atoms with Crippen molar-refractivity contribution in [2.24, 2.45) is 0 Å². The van der Waals surface area contributed by atoms with E-state index in [-0.39, 0.29) is 17.6 Å². The number of hydrogen-bond donors (Lipinski definition) is 2. The number of carbonyl (C=O) groups excluding carboxylic acids is 1. The lowest BCUT2D eigenvalue weighted by Crippen LogP contribution is -2.37. The van der Waals surface area contributed by atoms with Gasteiger partial charge in [0, 0.05) is 11.3 Å². The summed E-state index contributed by atoms with van der Waals surface area (Å²) in [4.78, 5) is 16.9. The fourth-order valence-corrected chi connectivity index (χ4v) is 3.75. The molecule has 0 unspecified atom stereocenters. The second-order valence-corrected chi connectivity index (χ2v) is 8.65. The highest BCUT2D eigenvalue weighted by Crippen LogP contribution is 2.29. The van der Waals surface area contributed by atoms with E-state index in [2.05, 4.69) is 41.6 Å². The molecule has 4 rings (SSSR count). The number of benzene rings is 3. The molecule has 0 saturated carbocycles. The Labute approximate surface area is 204 Å². The lowest BCUT2D eigenvalue weighted by Gasteiger charge is -2.11. The maximum Gasteiger partial charge on any atom is 0.264 e. The van der Waals surface area contributed by atoms with Crippen LogP contribution < -0.4 is 15.4 Å². The minimum atomic E-state index is -0.341. The molecule has 6 nitrogen and oxygen atoms in total. The van der Waals surface area contributed by atoms with Gasteiger partial charge in [0.05, 0.1) is 0 Å². The van der Waals surface area contributed by atoms with Crippen LogP contribution in [-0.2, 0) is 4.79 Å². The van der Waals surface area contributed by atoms with Gasteiger partial charge in [-0.05, 0) is 85.1 Å². The van der Waals surface area contributed by atoms with Gasteiger partial charge in [0.2, 0.25) is 5.89 Å². The Morgan fingerprint density at radius 3 is 2.74 bits per heavy atom. The molecule has 0 spiro atoms. The van der Waals surface area contributed by atoms with Crippen LogP contribution in [-0.4, -0.2) is 22.6 Å². The maximum absolute atomic E-state index is 12.2. The second kappa shape index (κ2) is 10.5. The highest BCUT2D eigenvalue weighted by molar-refractivity contribution is 7.80. The number of nitrogens with one attached hydrogen (secondary N) is 2. The Kier molecular flexibility index (Phi) is 7.23. The van der Waals surface area contributed by atoms with E-state index >= 15 is 0 Å². The summed E-state index contributed by atoms with van der Waals surface area (Å²) in [5.41, 5.74) is 5.41. The van der Waals surface area contributed by atoms with Gasteiger partial charge in [-0.1, -0.05) is 38.1 Å². The van der Waals surface area contributed by atoms with Crippen molar-refractivity contribution in [1.29, 1.82) is 0 Å². The average molecular weight is 474 g/mol. The molecule has 174 valence electrons. The van der Waals surface area contributed by atoms with Crippen molar-refractivity contribution in [2.75, 3.05) is 11.9 Å². The number of ether oxygens (including phenoxy) is 1. The maximum atomic E-state index is 12.2. The molecule has 3 aromatic carbocycles. The van der Waals surface area contributed by atoms with Gasteiger partial charge in [-0.2, -0.15) is 0 Å². The molecule has 0 radical (unpaired) electrons. The van der Waals surface area contributed by atoms with Crippen LogP contribution >= 0.6 is 12.2 Å². The molecule has 4 aromatic rings. The molecule has 0 saturated heterocycles. The molecule has 7 heteroatoms. The van der Waals surface area contributed by atoms with E-state index in [1.165, 1.54) is 5.56 Å². The molecule has 1 aromatic heterocycles. The zero-order chi connectivity index (χ0) is 24.1. The third-order valence-electron chi connectivity index (χ3n) is 5.57. The number of hydrogen-bond acceptors (Lipinski definition) is 5. The van der Waals surface area contributed by atoms with Gasteiger partial charge in [0.15, 0.2) is 17.3 Å². The van der Waals surface area contributed by atoms with E-state index in [0.29, 0.717) is 23.2 Å². The van der Waals surface area contributed by atoms with Crippen LogP contribution in [0.2, 0.25) is 0 Å². The zero-order valence-corrected chi connectivity index (χ0v) is 20.2. The van der Waals surface area contributed by atoms with Crippen LogP contribution in [0.5, 0.6) is 5.75 Å². The van der Waals surface area contributed by atoms with Crippen molar-refractivity contribution in [1.82, 2.24) is 10.3 Å². The quantitative estimate of drug-likeness (QED) is 0.311.